The minimum atomic E-state index is -0.401. The normalized spacial score (nSPS) is 11.0. The van der Waals surface area contributed by atoms with Gasteiger partial charge >= 0.3 is 0 Å². The number of carbonyl (C=O) groups is 1. The number of aromatic nitrogens is 4. The van der Waals surface area contributed by atoms with Crippen LogP contribution in [0.2, 0.25) is 0 Å². The molecule has 38 heavy (non-hydrogen) atoms. The van der Waals surface area contributed by atoms with Crippen LogP contribution in [0.3, 0.4) is 0 Å². The van der Waals surface area contributed by atoms with Crippen molar-refractivity contribution in [3.8, 4) is 28.7 Å². The molecule has 200 valence electrons. The van der Waals surface area contributed by atoms with Crippen LogP contribution in [0, 0.1) is 0 Å². The number of anilines is 1. The van der Waals surface area contributed by atoms with Gasteiger partial charge in [-0.2, -0.15) is 5.10 Å². The van der Waals surface area contributed by atoms with Gasteiger partial charge in [0, 0.05) is 30.7 Å². The van der Waals surface area contributed by atoms with Gasteiger partial charge in [-0.05, 0) is 44.8 Å². The number of fused-ring (bicyclic) bond motifs is 1. The van der Waals surface area contributed by atoms with Gasteiger partial charge in [-0.25, -0.2) is 4.98 Å². The number of nitrogens with zero attached hydrogens (tertiary/aromatic N) is 5. The zero-order valence-corrected chi connectivity index (χ0v) is 22.2. The zero-order chi connectivity index (χ0) is 27.1. The summed E-state index contributed by atoms with van der Waals surface area (Å²) >= 11 is 0. The minimum Gasteiger partial charge on any atom is -0.493 e. The molecular formula is C27H32N6O5. The molecule has 4 rings (SSSR count). The maximum absolute atomic E-state index is 13.0. The van der Waals surface area contributed by atoms with Crippen molar-refractivity contribution in [2.75, 3.05) is 46.8 Å². The third-order valence-corrected chi connectivity index (χ3v) is 5.60. The van der Waals surface area contributed by atoms with Gasteiger partial charge in [0.1, 0.15) is 23.9 Å². The number of ether oxygens (including phenoxy) is 4. The van der Waals surface area contributed by atoms with E-state index < -0.39 is 5.91 Å². The molecule has 11 heteroatoms. The number of nitrogens with one attached hydrogen (secondary N) is 1. The Kier molecular flexibility index (Phi) is 8.59. The number of methoxy groups -OCH3 is 2. The van der Waals surface area contributed by atoms with Gasteiger partial charge in [-0.15, -0.1) is 0 Å². The average molecular weight is 521 g/mol. The number of hydrogen-bond donors (Lipinski definition) is 1. The van der Waals surface area contributed by atoms with Crippen LogP contribution in [-0.2, 0) is 6.54 Å². The second-order valence-corrected chi connectivity index (χ2v) is 8.73. The number of pyridine rings is 2. The fourth-order valence-electron chi connectivity index (χ4n) is 3.70. The summed E-state index contributed by atoms with van der Waals surface area (Å²) in [5, 5.41) is 7.96. The Morgan fingerprint density at radius 3 is 2.50 bits per heavy atom. The molecule has 3 heterocycles. The number of benzene rings is 1. The van der Waals surface area contributed by atoms with Crippen molar-refractivity contribution < 1.29 is 23.7 Å². The van der Waals surface area contributed by atoms with Crippen molar-refractivity contribution in [3.05, 3.63) is 54.6 Å². The Morgan fingerprint density at radius 2 is 1.82 bits per heavy atom. The lowest BCUT2D eigenvalue weighted by molar-refractivity contribution is 0.101. The Morgan fingerprint density at radius 1 is 1.03 bits per heavy atom. The quantitative estimate of drug-likeness (QED) is 0.293. The van der Waals surface area contributed by atoms with Crippen LogP contribution in [0.5, 0.6) is 28.7 Å². The second kappa shape index (κ2) is 12.2. The molecule has 3 aromatic heterocycles. The molecule has 0 aliphatic carbocycles. The Bertz CT molecular complexity index is 1390. The van der Waals surface area contributed by atoms with Gasteiger partial charge in [0.15, 0.2) is 22.9 Å². The van der Waals surface area contributed by atoms with Crippen molar-refractivity contribution in [2.24, 2.45) is 0 Å². The molecule has 1 amide bonds. The molecule has 1 N–H and O–H groups in total. The average Bonchev–Trinajstić information content (AvgIpc) is 3.31. The molecule has 0 bridgehead atoms. The highest BCUT2D eigenvalue weighted by molar-refractivity contribution is 6.04. The third kappa shape index (κ3) is 6.30. The van der Waals surface area contributed by atoms with E-state index in [-0.39, 0.29) is 5.69 Å². The number of aryl methyl sites for hydroxylation is 1. The Hall–Kier alpha value is -4.38. The molecule has 0 fully saturated rings. The first-order valence-electron chi connectivity index (χ1n) is 12.2. The molecule has 0 spiro atoms. The van der Waals surface area contributed by atoms with E-state index in [9.17, 15) is 4.79 Å². The van der Waals surface area contributed by atoms with E-state index in [0.717, 1.165) is 18.4 Å². The predicted octanol–water partition coefficient (Wildman–Crippen LogP) is 4.24. The van der Waals surface area contributed by atoms with Crippen LogP contribution in [0.4, 0.5) is 5.82 Å². The Labute approximate surface area is 221 Å². The van der Waals surface area contributed by atoms with Gasteiger partial charge in [0.05, 0.1) is 32.1 Å². The van der Waals surface area contributed by atoms with Crippen molar-refractivity contribution in [1.29, 1.82) is 0 Å². The molecule has 4 aromatic rings. The summed E-state index contributed by atoms with van der Waals surface area (Å²) in [5.74, 6) is 2.62. The zero-order valence-electron chi connectivity index (χ0n) is 22.2. The largest absolute Gasteiger partial charge is 0.493 e. The van der Waals surface area contributed by atoms with Crippen LogP contribution < -0.4 is 24.3 Å². The SMILES string of the molecule is CCCn1cc(OCCN(C)C)c(C(=O)Nc2ccc(Oc3ccnc4cc(OC)c(OC)cc34)cn2)n1. The molecule has 0 unspecified atom stereocenters. The monoisotopic (exact) mass is 520 g/mol. The first-order chi connectivity index (χ1) is 18.4. The number of amides is 1. The smallest absolute Gasteiger partial charge is 0.281 e. The van der Waals surface area contributed by atoms with Crippen molar-refractivity contribution >= 4 is 22.6 Å². The second-order valence-electron chi connectivity index (χ2n) is 8.73. The van der Waals surface area contributed by atoms with Gasteiger partial charge in [-0.1, -0.05) is 6.92 Å². The number of likely N-dealkylation sites (N-methyl/N-ethyl adjacent to an activating group) is 1. The van der Waals surface area contributed by atoms with E-state index in [2.05, 4.69) is 20.4 Å². The standard InChI is InChI=1S/C27H32N6O5/c1-6-11-33-17-24(37-13-12-32(2)3)26(31-33)27(34)30-25-8-7-18(16-29-25)38-21-9-10-28-20-15-23(36-5)22(35-4)14-19(20)21/h7-10,14-17H,6,11-13H2,1-5H3,(H,29,30,34). The van der Waals surface area contributed by atoms with E-state index in [4.69, 9.17) is 18.9 Å². The van der Waals surface area contributed by atoms with Crippen LogP contribution in [0.15, 0.2) is 48.9 Å². The topological polar surface area (TPSA) is 113 Å². The summed E-state index contributed by atoms with van der Waals surface area (Å²) in [6.45, 7) is 3.89. The fraction of sp³-hybridized carbons (Fsp3) is 0.333. The third-order valence-electron chi connectivity index (χ3n) is 5.60. The van der Waals surface area contributed by atoms with Crippen molar-refractivity contribution in [1.82, 2.24) is 24.6 Å². The molecule has 0 saturated heterocycles. The summed E-state index contributed by atoms with van der Waals surface area (Å²) in [5.41, 5.74) is 0.912. The summed E-state index contributed by atoms with van der Waals surface area (Å²) < 4.78 is 24.4. The maximum atomic E-state index is 13.0. The van der Waals surface area contributed by atoms with Crippen LogP contribution in [-0.4, -0.2) is 72.0 Å². The first kappa shape index (κ1) is 26.7. The first-order valence-corrected chi connectivity index (χ1v) is 12.2. The van der Waals surface area contributed by atoms with Crippen LogP contribution in [0.1, 0.15) is 23.8 Å². The van der Waals surface area contributed by atoms with E-state index in [1.807, 2.05) is 32.0 Å². The molecule has 1 aromatic carbocycles. The van der Waals surface area contributed by atoms with E-state index >= 15 is 0 Å². The van der Waals surface area contributed by atoms with E-state index in [0.29, 0.717) is 53.2 Å². The summed E-state index contributed by atoms with van der Waals surface area (Å²) in [4.78, 5) is 23.7. The molecular weight excluding hydrogens is 488 g/mol. The molecule has 11 nitrogen and oxygen atoms in total. The summed E-state index contributed by atoms with van der Waals surface area (Å²) in [6, 6.07) is 8.75. The fourth-order valence-corrected chi connectivity index (χ4v) is 3.70. The van der Waals surface area contributed by atoms with Gasteiger partial charge in [0.2, 0.25) is 0 Å². The highest BCUT2D eigenvalue weighted by atomic mass is 16.5. The summed E-state index contributed by atoms with van der Waals surface area (Å²) in [7, 11) is 7.07. The maximum Gasteiger partial charge on any atom is 0.281 e. The molecule has 0 aliphatic rings. The highest BCUT2D eigenvalue weighted by Gasteiger charge is 2.19. The minimum absolute atomic E-state index is 0.215. The van der Waals surface area contributed by atoms with Crippen LogP contribution in [0.25, 0.3) is 10.9 Å². The van der Waals surface area contributed by atoms with E-state index in [1.54, 1.807) is 55.6 Å². The lowest BCUT2D eigenvalue weighted by Gasteiger charge is -2.12. The van der Waals surface area contributed by atoms with Crippen molar-refractivity contribution in [3.63, 3.8) is 0 Å². The highest BCUT2D eigenvalue weighted by Crippen LogP contribution is 2.36. The molecule has 0 radical (unpaired) electrons. The lowest BCUT2D eigenvalue weighted by atomic mass is 10.2. The van der Waals surface area contributed by atoms with Gasteiger partial charge < -0.3 is 29.2 Å². The number of carbonyl (C=O) groups excluding carboxylic acids is 1. The van der Waals surface area contributed by atoms with Crippen molar-refractivity contribution in [2.45, 2.75) is 19.9 Å². The Balaban J connectivity index is 1.48. The predicted molar refractivity (Wildman–Crippen MR) is 144 cm³/mol. The molecule has 0 saturated carbocycles. The molecule has 0 aliphatic heterocycles. The number of rotatable bonds is 12. The lowest BCUT2D eigenvalue weighted by Crippen LogP contribution is -2.20. The summed E-state index contributed by atoms with van der Waals surface area (Å²) in [6.07, 6.45) is 5.83. The number of hydrogen-bond acceptors (Lipinski definition) is 9. The van der Waals surface area contributed by atoms with E-state index in [1.165, 1.54) is 6.20 Å². The van der Waals surface area contributed by atoms with Gasteiger partial charge in [0.25, 0.3) is 5.91 Å². The van der Waals surface area contributed by atoms with Crippen LogP contribution >= 0.6 is 0 Å². The molecule has 0 atom stereocenters. The van der Waals surface area contributed by atoms with Gasteiger partial charge in [-0.3, -0.25) is 14.5 Å².